The zero-order chi connectivity index (χ0) is 10.6. The molecule has 5 unspecified atom stereocenters. The van der Waals surface area contributed by atoms with Gasteiger partial charge in [-0.3, -0.25) is 0 Å². The fourth-order valence-corrected chi connectivity index (χ4v) is 4.83. The third-order valence-corrected chi connectivity index (χ3v) is 5.82. The smallest absolute Gasteiger partial charge is 0.0113 e. The van der Waals surface area contributed by atoms with E-state index in [1.807, 2.05) is 0 Å². The minimum absolute atomic E-state index is 0.562. The van der Waals surface area contributed by atoms with Crippen molar-refractivity contribution in [2.24, 2.45) is 29.1 Å². The Hall–Kier alpha value is -0.260. The number of rotatable bonds is 0. The van der Waals surface area contributed by atoms with Gasteiger partial charge in [-0.25, -0.2) is 0 Å². The molecule has 2 bridgehead atoms. The Morgan fingerprint density at radius 3 is 2.80 bits per heavy atom. The average Bonchev–Trinajstić information content (AvgIpc) is 2.41. The van der Waals surface area contributed by atoms with Gasteiger partial charge in [-0.2, -0.15) is 0 Å². The van der Waals surface area contributed by atoms with Gasteiger partial charge in [-0.05, 0) is 61.7 Å². The second-order valence-corrected chi connectivity index (χ2v) is 6.69. The Labute approximate surface area is 94.1 Å². The molecule has 4 aliphatic carbocycles. The van der Waals surface area contributed by atoms with E-state index in [0.717, 1.165) is 23.7 Å². The Bertz CT molecular complexity index is 301. The first-order valence-electron chi connectivity index (χ1n) is 6.79. The summed E-state index contributed by atoms with van der Waals surface area (Å²) in [5, 5.41) is 0. The summed E-state index contributed by atoms with van der Waals surface area (Å²) in [6.45, 7) is 7.41. The second-order valence-electron chi connectivity index (χ2n) is 6.69. The van der Waals surface area contributed by atoms with E-state index < -0.39 is 0 Å². The molecule has 0 nitrogen and oxygen atoms in total. The largest absolute Gasteiger partial charge is 0.0791 e. The fraction of sp³-hybridized carbons (Fsp3) is 0.867. The predicted molar refractivity (Wildman–Crippen MR) is 64.6 cm³/mol. The van der Waals surface area contributed by atoms with E-state index in [-0.39, 0.29) is 0 Å². The molecule has 4 rings (SSSR count). The maximum atomic E-state index is 2.66. The predicted octanol–water partition coefficient (Wildman–Crippen LogP) is 4.42. The molecule has 0 radical (unpaired) electrons. The molecule has 0 amide bonds. The highest BCUT2D eigenvalue weighted by molar-refractivity contribution is 5.20. The summed E-state index contributed by atoms with van der Waals surface area (Å²) >= 11 is 0. The van der Waals surface area contributed by atoms with Crippen LogP contribution in [0.25, 0.3) is 0 Å². The van der Waals surface area contributed by atoms with Crippen LogP contribution in [0.3, 0.4) is 0 Å². The van der Waals surface area contributed by atoms with Gasteiger partial charge in [0, 0.05) is 0 Å². The third-order valence-electron chi connectivity index (χ3n) is 5.82. The van der Waals surface area contributed by atoms with E-state index in [1.165, 1.54) is 32.1 Å². The van der Waals surface area contributed by atoms with Crippen molar-refractivity contribution in [1.82, 2.24) is 0 Å². The molecule has 0 aromatic carbocycles. The van der Waals surface area contributed by atoms with E-state index in [9.17, 15) is 0 Å². The molecule has 2 fully saturated rings. The van der Waals surface area contributed by atoms with Crippen LogP contribution in [-0.4, -0.2) is 0 Å². The zero-order valence-corrected chi connectivity index (χ0v) is 10.4. The summed E-state index contributed by atoms with van der Waals surface area (Å²) in [6, 6.07) is 0. The van der Waals surface area contributed by atoms with E-state index in [1.54, 1.807) is 5.57 Å². The number of fused-ring (bicyclic) bond motifs is 1. The monoisotopic (exact) mass is 204 g/mol. The first-order valence-corrected chi connectivity index (χ1v) is 6.79. The van der Waals surface area contributed by atoms with Gasteiger partial charge in [0.1, 0.15) is 0 Å². The lowest BCUT2D eigenvalue weighted by molar-refractivity contribution is 0.185. The van der Waals surface area contributed by atoms with Crippen molar-refractivity contribution in [3.63, 3.8) is 0 Å². The molecule has 0 N–H and O–H groups in total. The highest BCUT2D eigenvalue weighted by Gasteiger charge is 2.48. The molecule has 0 heteroatoms. The number of allylic oxidation sites excluding steroid dienone is 2. The Morgan fingerprint density at radius 1 is 1.27 bits per heavy atom. The van der Waals surface area contributed by atoms with Crippen molar-refractivity contribution >= 4 is 0 Å². The lowest BCUT2D eigenvalue weighted by atomic mass is 9.68. The fourth-order valence-electron chi connectivity index (χ4n) is 4.83. The van der Waals surface area contributed by atoms with E-state index >= 15 is 0 Å². The van der Waals surface area contributed by atoms with Gasteiger partial charge >= 0.3 is 0 Å². The SMILES string of the molecule is CC1=CC2(C)CCC1CC1C(C)CCC12. The van der Waals surface area contributed by atoms with Crippen molar-refractivity contribution in [3.05, 3.63) is 11.6 Å². The standard InChI is InChI=1S/C15H24/c1-10-4-5-14-13(10)8-12-6-7-15(14,3)9-11(12)2/h9-10,12-14H,4-8H2,1-3H3. The van der Waals surface area contributed by atoms with Gasteiger partial charge < -0.3 is 0 Å². The van der Waals surface area contributed by atoms with Gasteiger partial charge in [0.25, 0.3) is 0 Å². The summed E-state index contributed by atoms with van der Waals surface area (Å²) in [7, 11) is 0. The van der Waals surface area contributed by atoms with Crippen LogP contribution in [0.2, 0.25) is 0 Å². The summed E-state index contributed by atoms with van der Waals surface area (Å²) < 4.78 is 0. The van der Waals surface area contributed by atoms with Crippen LogP contribution in [0.15, 0.2) is 11.6 Å². The third kappa shape index (κ3) is 1.33. The first kappa shape index (κ1) is 9.93. The summed E-state index contributed by atoms with van der Waals surface area (Å²) in [6.07, 6.45) is 10.1. The second kappa shape index (κ2) is 3.12. The zero-order valence-electron chi connectivity index (χ0n) is 10.4. The lowest BCUT2D eigenvalue weighted by Crippen LogP contribution is -2.28. The molecule has 0 spiro atoms. The van der Waals surface area contributed by atoms with Gasteiger partial charge in [0.15, 0.2) is 0 Å². The first-order chi connectivity index (χ1) is 7.10. The average molecular weight is 204 g/mol. The highest BCUT2D eigenvalue weighted by Crippen LogP contribution is 2.58. The van der Waals surface area contributed by atoms with Crippen molar-refractivity contribution in [2.45, 2.75) is 52.9 Å². The van der Waals surface area contributed by atoms with Crippen molar-refractivity contribution < 1.29 is 0 Å². The molecular weight excluding hydrogens is 180 g/mol. The van der Waals surface area contributed by atoms with Crippen molar-refractivity contribution in [1.29, 1.82) is 0 Å². The van der Waals surface area contributed by atoms with Crippen LogP contribution >= 0.6 is 0 Å². The minimum atomic E-state index is 0.562. The topological polar surface area (TPSA) is 0 Å². The highest BCUT2D eigenvalue weighted by atomic mass is 14.5. The molecule has 0 aromatic heterocycles. The maximum Gasteiger partial charge on any atom is -0.0113 e. The molecule has 0 heterocycles. The van der Waals surface area contributed by atoms with Crippen LogP contribution in [-0.2, 0) is 0 Å². The summed E-state index contributed by atoms with van der Waals surface area (Å²) in [5.74, 6) is 3.98. The van der Waals surface area contributed by atoms with Crippen LogP contribution in [0.4, 0.5) is 0 Å². The molecule has 0 saturated heterocycles. The van der Waals surface area contributed by atoms with Crippen LogP contribution in [0, 0.1) is 29.1 Å². The van der Waals surface area contributed by atoms with Crippen LogP contribution in [0.1, 0.15) is 52.9 Å². The number of hydrogen-bond donors (Lipinski definition) is 0. The summed E-state index contributed by atoms with van der Waals surface area (Å²) in [4.78, 5) is 0. The van der Waals surface area contributed by atoms with Gasteiger partial charge in [0.2, 0.25) is 0 Å². The lowest BCUT2D eigenvalue weighted by Gasteiger charge is -2.36. The Kier molecular flexibility index (Phi) is 2.06. The molecule has 4 aliphatic rings. The van der Waals surface area contributed by atoms with Crippen LogP contribution < -0.4 is 0 Å². The molecule has 5 atom stereocenters. The Balaban J connectivity index is 2.02. The van der Waals surface area contributed by atoms with E-state index in [4.69, 9.17) is 0 Å². The van der Waals surface area contributed by atoms with Gasteiger partial charge in [0.05, 0.1) is 0 Å². The molecule has 0 aliphatic heterocycles. The summed E-state index contributed by atoms with van der Waals surface area (Å²) in [5.41, 5.74) is 2.28. The maximum absolute atomic E-state index is 2.66. The Morgan fingerprint density at radius 2 is 2.07 bits per heavy atom. The molecule has 84 valence electrons. The van der Waals surface area contributed by atoms with Gasteiger partial charge in [-0.15, -0.1) is 0 Å². The quantitative estimate of drug-likeness (QED) is 0.513. The van der Waals surface area contributed by atoms with E-state index in [0.29, 0.717) is 5.41 Å². The number of hydrogen-bond acceptors (Lipinski definition) is 0. The normalized spacial score (nSPS) is 53.7. The molecular formula is C15H24. The molecule has 2 saturated carbocycles. The minimum Gasteiger partial charge on any atom is -0.0791 e. The van der Waals surface area contributed by atoms with Crippen molar-refractivity contribution in [2.75, 3.05) is 0 Å². The van der Waals surface area contributed by atoms with Gasteiger partial charge in [-0.1, -0.05) is 31.9 Å². The van der Waals surface area contributed by atoms with E-state index in [2.05, 4.69) is 26.8 Å². The van der Waals surface area contributed by atoms with Crippen LogP contribution in [0.5, 0.6) is 0 Å². The van der Waals surface area contributed by atoms with Crippen molar-refractivity contribution in [3.8, 4) is 0 Å². The molecule has 15 heavy (non-hydrogen) atoms. The molecule has 0 aromatic rings.